The first-order chi connectivity index (χ1) is 11.5. The molecule has 4 nitrogen and oxygen atoms in total. The molecule has 6 rings (SSSR count). The SMILES string of the molecule is NC(=O)c1cc[n+]2[se]c(C3(O)C4CC5CC(C4)CC3C5)c(Br)c2c1.[Cl-]. The average Bonchev–Trinajstić information content (AvgIpc) is 2.88. The number of carbonyl (C=O) groups is 1. The second-order valence-electron chi connectivity index (χ2n) is 7.85. The number of aromatic nitrogens is 1. The number of carbonyl (C=O) groups excluding carboxylic acids is 1. The van der Waals surface area contributed by atoms with Gasteiger partial charge in [-0.15, -0.1) is 0 Å². The van der Waals surface area contributed by atoms with Gasteiger partial charge in [0.05, 0.1) is 0 Å². The van der Waals surface area contributed by atoms with Crippen molar-refractivity contribution >= 4 is 42.1 Å². The Hall–Kier alpha value is -0.391. The Balaban J connectivity index is 0.00000157. The Bertz CT molecular complexity index is 840. The maximum absolute atomic E-state index is 11.8. The van der Waals surface area contributed by atoms with Crippen molar-refractivity contribution < 1.29 is 25.7 Å². The number of rotatable bonds is 2. The average molecular weight is 491 g/mol. The van der Waals surface area contributed by atoms with Crippen LogP contribution in [0.2, 0.25) is 0 Å². The number of aliphatic hydroxyl groups is 1. The molecule has 0 spiro atoms. The molecule has 4 aliphatic carbocycles. The molecule has 4 bridgehead atoms. The maximum Gasteiger partial charge on any atom is -1.00 e. The van der Waals surface area contributed by atoms with Crippen LogP contribution in [0.25, 0.3) is 5.52 Å². The number of halogens is 2. The standard InChI is InChI=1S/C18H19BrN2O2Se.ClH/c19-15-14-8-11(17(20)22)1-2-21(14)24-16(15)18(23)12-4-9-3-10(6-12)7-13(18)5-9;/h1-2,8-10,12-13,23H,3-7H2,(H-,20,22);1H. The van der Waals surface area contributed by atoms with Crippen LogP contribution in [0, 0.1) is 23.7 Å². The molecule has 4 saturated carbocycles. The summed E-state index contributed by atoms with van der Waals surface area (Å²) < 4.78 is 4.33. The van der Waals surface area contributed by atoms with E-state index in [2.05, 4.69) is 19.3 Å². The van der Waals surface area contributed by atoms with E-state index < -0.39 is 11.5 Å². The summed E-state index contributed by atoms with van der Waals surface area (Å²) in [7, 11) is 0. The van der Waals surface area contributed by atoms with E-state index in [1.807, 2.05) is 12.3 Å². The molecule has 0 aromatic carbocycles. The smallest absolute Gasteiger partial charge is 1.00 e. The summed E-state index contributed by atoms with van der Waals surface area (Å²) in [4.78, 5) is 11.5. The van der Waals surface area contributed by atoms with E-state index >= 15 is 0 Å². The number of hydrogen-bond donors (Lipinski definition) is 2. The quantitative estimate of drug-likeness (QED) is 0.530. The van der Waals surface area contributed by atoms with E-state index in [1.54, 1.807) is 6.07 Å². The van der Waals surface area contributed by atoms with Gasteiger partial charge < -0.3 is 12.4 Å². The van der Waals surface area contributed by atoms with Crippen molar-refractivity contribution in [2.45, 2.75) is 37.7 Å². The molecule has 134 valence electrons. The Kier molecular flexibility index (Phi) is 4.37. The largest absolute Gasteiger partial charge is 1.00 e. The minimum Gasteiger partial charge on any atom is -1.00 e. The third kappa shape index (κ3) is 2.48. The van der Waals surface area contributed by atoms with Gasteiger partial charge in [0, 0.05) is 0 Å². The first-order valence-electron chi connectivity index (χ1n) is 8.63. The monoisotopic (exact) mass is 490 g/mol. The number of nitrogens with zero attached hydrogens (tertiary/aromatic N) is 1. The van der Waals surface area contributed by atoms with Crippen molar-refractivity contribution in [1.82, 2.24) is 0 Å². The van der Waals surface area contributed by atoms with Crippen molar-refractivity contribution in [3.8, 4) is 0 Å². The fourth-order valence-electron chi connectivity index (χ4n) is 5.66. The van der Waals surface area contributed by atoms with Gasteiger partial charge in [0.2, 0.25) is 0 Å². The minimum absolute atomic E-state index is 0. The molecule has 1 amide bonds. The molecule has 4 aliphatic rings. The molecule has 0 radical (unpaired) electrons. The van der Waals surface area contributed by atoms with E-state index in [1.165, 1.54) is 36.5 Å². The molecule has 2 heterocycles. The molecule has 7 heteroatoms. The van der Waals surface area contributed by atoms with Crippen LogP contribution < -0.4 is 21.5 Å². The fraction of sp³-hybridized carbons (Fsp3) is 0.556. The number of hydrogen-bond acceptors (Lipinski definition) is 2. The van der Waals surface area contributed by atoms with Crippen LogP contribution in [0.5, 0.6) is 0 Å². The van der Waals surface area contributed by atoms with Crippen LogP contribution >= 0.6 is 15.9 Å². The zero-order valence-electron chi connectivity index (χ0n) is 13.6. The summed E-state index contributed by atoms with van der Waals surface area (Å²) in [5.41, 5.74) is 6.26. The Labute approximate surface area is 167 Å². The molecular weight excluding hydrogens is 471 g/mol. The van der Waals surface area contributed by atoms with E-state index in [-0.39, 0.29) is 27.1 Å². The van der Waals surface area contributed by atoms with Gasteiger partial charge in [0.15, 0.2) is 0 Å². The third-order valence-electron chi connectivity index (χ3n) is 6.56. The second kappa shape index (κ2) is 6.06. The summed E-state index contributed by atoms with van der Waals surface area (Å²) in [6, 6.07) is 3.62. The van der Waals surface area contributed by atoms with E-state index in [9.17, 15) is 9.90 Å². The van der Waals surface area contributed by atoms with Gasteiger partial charge in [-0.25, -0.2) is 0 Å². The maximum atomic E-state index is 11.8. The first kappa shape index (κ1) is 18.0. The number of nitrogens with two attached hydrogens (primary N) is 1. The molecule has 0 saturated heterocycles. The summed E-state index contributed by atoms with van der Waals surface area (Å²) in [6.45, 7) is 0. The van der Waals surface area contributed by atoms with Crippen molar-refractivity contribution in [1.29, 1.82) is 0 Å². The molecule has 3 N–H and O–H groups in total. The molecule has 2 aromatic heterocycles. The van der Waals surface area contributed by atoms with Crippen molar-refractivity contribution in [3.63, 3.8) is 0 Å². The predicted octanol–water partition coefficient (Wildman–Crippen LogP) is -1.01. The molecule has 2 aromatic rings. The predicted molar refractivity (Wildman–Crippen MR) is 93.7 cm³/mol. The van der Waals surface area contributed by atoms with Gasteiger partial charge in [-0.05, 0) is 0 Å². The van der Waals surface area contributed by atoms with E-state index in [0.717, 1.165) is 21.8 Å². The molecular formula is C18H20BrClN2O2Se. The van der Waals surface area contributed by atoms with Gasteiger partial charge in [0.1, 0.15) is 0 Å². The Morgan fingerprint density at radius 3 is 2.40 bits per heavy atom. The van der Waals surface area contributed by atoms with Gasteiger partial charge in [-0.2, -0.15) is 0 Å². The van der Waals surface area contributed by atoms with Crippen LogP contribution in [0.3, 0.4) is 0 Å². The summed E-state index contributed by atoms with van der Waals surface area (Å²) in [5.74, 6) is 2.07. The third-order valence-corrected chi connectivity index (χ3v) is 10.5. The van der Waals surface area contributed by atoms with Crippen LogP contribution in [-0.4, -0.2) is 25.7 Å². The van der Waals surface area contributed by atoms with Gasteiger partial charge in [-0.3, -0.25) is 0 Å². The molecule has 0 atom stereocenters. The van der Waals surface area contributed by atoms with Crippen LogP contribution in [0.15, 0.2) is 22.8 Å². The summed E-state index contributed by atoms with van der Waals surface area (Å²) in [5, 5.41) is 11.8. The number of fused-ring (bicyclic) bond motifs is 1. The van der Waals surface area contributed by atoms with Crippen LogP contribution in [-0.2, 0) is 5.60 Å². The van der Waals surface area contributed by atoms with Crippen LogP contribution in [0.4, 0.5) is 0 Å². The normalized spacial score (nSPS) is 35.8. The fourth-order valence-corrected chi connectivity index (χ4v) is 9.49. The van der Waals surface area contributed by atoms with Gasteiger partial charge in [0.25, 0.3) is 0 Å². The van der Waals surface area contributed by atoms with Crippen LogP contribution in [0.1, 0.15) is 46.9 Å². The number of amides is 1. The zero-order chi connectivity index (χ0) is 16.6. The van der Waals surface area contributed by atoms with E-state index in [4.69, 9.17) is 5.73 Å². The Morgan fingerprint density at radius 1 is 1.24 bits per heavy atom. The minimum atomic E-state index is -0.662. The van der Waals surface area contributed by atoms with Crippen molar-refractivity contribution in [2.75, 3.05) is 0 Å². The summed E-state index contributed by atoms with van der Waals surface area (Å²) in [6.07, 6.45) is 8.02. The molecule has 25 heavy (non-hydrogen) atoms. The zero-order valence-corrected chi connectivity index (χ0v) is 17.7. The van der Waals surface area contributed by atoms with Crippen molar-refractivity contribution in [3.05, 3.63) is 32.8 Å². The first-order valence-corrected chi connectivity index (χ1v) is 11.0. The summed E-state index contributed by atoms with van der Waals surface area (Å²) >= 11 is 3.79. The van der Waals surface area contributed by atoms with E-state index in [0.29, 0.717) is 17.4 Å². The molecule has 0 unspecified atom stereocenters. The topological polar surface area (TPSA) is 67.4 Å². The van der Waals surface area contributed by atoms with Crippen molar-refractivity contribution in [2.24, 2.45) is 29.4 Å². The molecule has 4 fully saturated rings. The Morgan fingerprint density at radius 2 is 1.84 bits per heavy atom. The number of pyridine rings is 1. The van der Waals surface area contributed by atoms with Gasteiger partial charge >= 0.3 is 155 Å². The van der Waals surface area contributed by atoms with Gasteiger partial charge in [-0.1, -0.05) is 0 Å². The number of primary amides is 1. The second-order valence-corrected chi connectivity index (χ2v) is 10.7. The molecule has 0 aliphatic heterocycles.